The summed E-state index contributed by atoms with van der Waals surface area (Å²) in [6.07, 6.45) is 2.27. The Bertz CT molecular complexity index is 1290. The van der Waals surface area contributed by atoms with Crippen LogP contribution < -0.4 is 5.73 Å². The normalized spacial score (nSPS) is 33.6. The lowest BCUT2D eigenvalue weighted by molar-refractivity contribution is -0.181. The van der Waals surface area contributed by atoms with Crippen LogP contribution in [0.15, 0.2) is 6.07 Å². The van der Waals surface area contributed by atoms with Crippen molar-refractivity contribution in [3.63, 3.8) is 0 Å². The van der Waals surface area contributed by atoms with E-state index >= 15 is 0 Å². The molecule has 0 bridgehead atoms. The number of aliphatic hydroxyl groups is 1. The lowest BCUT2D eigenvalue weighted by Crippen LogP contribution is -2.74. The smallest absolute Gasteiger partial charge is 0.235 e. The number of amides is 1. The Balaban J connectivity index is 1.54. The van der Waals surface area contributed by atoms with Gasteiger partial charge in [0.25, 0.3) is 0 Å². The van der Waals surface area contributed by atoms with E-state index in [1.54, 1.807) is 14.1 Å². The van der Waals surface area contributed by atoms with E-state index in [4.69, 9.17) is 17.3 Å². The monoisotopic (exact) mass is 559 g/mol. The molecule has 6 unspecified atom stereocenters. The number of likely N-dealkylation sites (N-methyl/N-ethyl adjacent to an activating group) is 1. The molecule has 0 aromatic heterocycles. The van der Waals surface area contributed by atoms with Gasteiger partial charge in [0.15, 0.2) is 34.7 Å². The number of nitrogens with two attached hydrogens (primary N) is 1. The highest BCUT2D eigenvalue weighted by molar-refractivity contribution is 6.34. The summed E-state index contributed by atoms with van der Waals surface area (Å²) in [4.78, 5) is 69.9. The number of benzene rings is 1. The minimum absolute atomic E-state index is 0.00474. The van der Waals surface area contributed by atoms with E-state index in [9.17, 15) is 34.2 Å². The topological polar surface area (TPSA) is 158 Å². The van der Waals surface area contributed by atoms with Gasteiger partial charge in [-0.15, -0.1) is 0 Å². The van der Waals surface area contributed by atoms with Crippen LogP contribution in [0.2, 0.25) is 5.02 Å². The maximum Gasteiger partial charge on any atom is 0.235 e. The number of Topliss-reactive ketones (excluding diaryl/α,β-unsaturated/α-hetero) is 4. The summed E-state index contributed by atoms with van der Waals surface area (Å²) in [5, 5.41) is 22.9. The third kappa shape index (κ3) is 4.15. The van der Waals surface area contributed by atoms with Crippen molar-refractivity contribution in [2.45, 2.75) is 50.8 Å². The van der Waals surface area contributed by atoms with Gasteiger partial charge in [0.1, 0.15) is 5.75 Å². The number of phenols is 1. The Kier molecular flexibility index (Phi) is 6.98. The van der Waals surface area contributed by atoms with Gasteiger partial charge in [0.2, 0.25) is 5.91 Å². The summed E-state index contributed by atoms with van der Waals surface area (Å²) < 4.78 is 0. The van der Waals surface area contributed by atoms with Crippen LogP contribution in [0.25, 0.3) is 0 Å². The summed E-state index contributed by atoms with van der Waals surface area (Å²) in [5.41, 5.74) is 3.65. The van der Waals surface area contributed by atoms with Crippen molar-refractivity contribution in [3.05, 3.63) is 27.8 Å². The van der Waals surface area contributed by atoms with Gasteiger partial charge >= 0.3 is 0 Å². The minimum Gasteiger partial charge on any atom is -0.507 e. The van der Waals surface area contributed by atoms with Gasteiger partial charge in [0, 0.05) is 17.5 Å². The number of halogens is 1. The molecule has 1 aromatic rings. The predicted octanol–water partition coefficient (Wildman–Crippen LogP) is 0.752. The Morgan fingerprint density at radius 2 is 1.82 bits per heavy atom. The zero-order chi connectivity index (χ0) is 28.5. The number of hydrogen-bond donors (Lipinski definition) is 3. The number of fused-ring (bicyclic) bond motifs is 3. The molecule has 0 radical (unpaired) electrons. The summed E-state index contributed by atoms with van der Waals surface area (Å²) in [6.45, 7) is 4.52. The van der Waals surface area contributed by atoms with Crippen LogP contribution in [0.4, 0.5) is 0 Å². The summed E-state index contributed by atoms with van der Waals surface area (Å²) in [6, 6.07) is 0.320. The van der Waals surface area contributed by atoms with Gasteiger partial charge in [0.05, 0.1) is 17.5 Å². The van der Waals surface area contributed by atoms with Crippen LogP contribution in [0.1, 0.15) is 47.7 Å². The van der Waals surface area contributed by atoms with Crippen molar-refractivity contribution in [2.24, 2.45) is 35.3 Å². The number of hydrogen-bond acceptors (Lipinski definition) is 9. The number of carbonyl (C=O) groups is 5. The first-order valence-electron chi connectivity index (χ1n) is 13.4. The molecular formula is C28H34ClN3O7. The number of piperidine rings is 1. The zero-order valence-electron chi connectivity index (χ0n) is 22.3. The van der Waals surface area contributed by atoms with E-state index < -0.39 is 64.4 Å². The fourth-order valence-electron chi connectivity index (χ4n) is 7.28. The van der Waals surface area contributed by atoms with Gasteiger partial charge in [-0.3, -0.25) is 33.8 Å². The molecule has 10 nitrogen and oxygen atoms in total. The van der Waals surface area contributed by atoms with E-state index in [1.165, 1.54) is 11.0 Å². The van der Waals surface area contributed by atoms with Crippen LogP contribution in [0.3, 0.4) is 0 Å². The van der Waals surface area contributed by atoms with E-state index in [1.807, 2.05) is 0 Å². The fourth-order valence-corrected chi connectivity index (χ4v) is 7.57. The first kappa shape index (κ1) is 27.9. The largest absolute Gasteiger partial charge is 0.507 e. The highest BCUT2D eigenvalue weighted by Crippen LogP contribution is 2.51. The molecule has 2 saturated carbocycles. The lowest BCUT2D eigenvalue weighted by Gasteiger charge is -2.52. The molecule has 5 rings (SSSR count). The first-order valence-corrected chi connectivity index (χ1v) is 13.8. The number of rotatable bonds is 4. The number of nitrogens with zero attached hydrogens (tertiary/aromatic N) is 2. The first-order chi connectivity index (χ1) is 18.3. The summed E-state index contributed by atoms with van der Waals surface area (Å²) in [5.74, 6) is -9.98. The Morgan fingerprint density at radius 1 is 1.18 bits per heavy atom. The summed E-state index contributed by atoms with van der Waals surface area (Å²) >= 11 is 6.83. The van der Waals surface area contributed by atoms with Crippen molar-refractivity contribution in [3.8, 4) is 5.75 Å². The third-order valence-electron chi connectivity index (χ3n) is 9.34. The molecule has 3 aliphatic carbocycles. The van der Waals surface area contributed by atoms with Crippen molar-refractivity contribution in [1.82, 2.24) is 9.80 Å². The van der Waals surface area contributed by atoms with E-state index in [0.29, 0.717) is 28.6 Å². The number of likely N-dealkylation sites (tertiary alicyclic amines) is 1. The molecule has 0 spiro atoms. The highest BCUT2D eigenvalue weighted by Gasteiger charge is 2.69. The number of ketones is 4. The van der Waals surface area contributed by atoms with Crippen LogP contribution >= 0.6 is 11.6 Å². The Hall–Kier alpha value is -2.66. The van der Waals surface area contributed by atoms with Crippen molar-refractivity contribution >= 4 is 40.6 Å². The number of aromatic hydroxyl groups is 1. The highest BCUT2D eigenvalue weighted by atomic mass is 35.5. The van der Waals surface area contributed by atoms with E-state index in [2.05, 4.69) is 11.8 Å². The molecule has 1 aliphatic heterocycles. The number of carbonyl (C=O) groups excluding carboxylic acids is 5. The second kappa shape index (κ2) is 9.76. The van der Waals surface area contributed by atoms with Gasteiger partial charge in [-0.2, -0.15) is 0 Å². The molecule has 3 fully saturated rings. The van der Waals surface area contributed by atoms with Crippen molar-refractivity contribution in [2.75, 3.05) is 27.2 Å². The molecule has 1 heterocycles. The molecule has 1 aromatic carbocycles. The molecular weight excluding hydrogens is 526 g/mol. The summed E-state index contributed by atoms with van der Waals surface area (Å²) in [7, 11) is 3.11. The number of phenolic OH excluding ortho intramolecular Hbond substituents is 1. The third-order valence-corrected chi connectivity index (χ3v) is 9.81. The molecule has 210 valence electrons. The molecule has 4 aliphatic rings. The average molecular weight is 560 g/mol. The van der Waals surface area contributed by atoms with Gasteiger partial charge < -0.3 is 15.9 Å². The van der Waals surface area contributed by atoms with Crippen molar-refractivity contribution in [1.29, 1.82) is 0 Å². The average Bonchev–Trinajstić information content (AvgIpc) is 2.85. The van der Waals surface area contributed by atoms with Crippen molar-refractivity contribution < 1.29 is 34.2 Å². The standard InChI is InChI=1S/C28H34ClN3O7/c1-12-4-6-32(7-5-12)11-14-10-17(33)19-15(21(14)29)8-13-9-16-22(31(2)3)24(35)20(27(30)38)26(37)28(16,39)25(36)18(13)23(19)34/h10,12-13,16,18,20,22,33,39H,4-9,11H2,1-3H3,(H2,30,38). The molecule has 11 heteroatoms. The Labute approximate surface area is 231 Å². The quantitative estimate of drug-likeness (QED) is 0.452. The van der Waals surface area contributed by atoms with E-state index in [0.717, 1.165) is 25.9 Å². The zero-order valence-corrected chi connectivity index (χ0v) is 23.0. The molecule has 39 heavy (non-hydrogen) atoms. The van der Waals surface area contributed by atoms with Crippen LogP contribution in [0.5, 0.6) is 5.75 Å². The van der Waals surface area contributed by atoms with Crippen LogP contribution in [0, 0.1) is 29.6 Å². The van der Waals surface area contributed by atoms with Gasteiger partial charge in [-0.05, 0) is 81.9 Å². The van der Waals surface area contributed by atoms with Crippen LogP contribution in [-0.2, 0) is 32.1 Å². The SMILES string of the molecule is CC1CCN(Cc2cc(O)c3c(c2Cl)CC2CC4C(N(C)C)C(=O)C(C(N)=O)C(=O)C4(O)C(=O)C2C3=O)CC1. The predicted molar refractivity (Wildman–Crippen MR) is 140 cm³/mol. The van der Waals surface area contributed by atoms with Crippen LogP contribution in [-0.4, -0.2) is 87.9 Å². The second-order valence-electron chi connectivity index (χ2n) is 12.0. The van der Waals surface area contributed by atoms with Gasteiger partial charge in [-0.25, -0.2) is 0 Å². The maximum atomic E-state index is 13.8. The lowest BCUT2D eigenvalue weighted by atomic mass is 9.52. The molecule has 1 saturated heterocycles. The van der Waals surface area contributed by atoms with Gasteiger partial charge in [-0.1, -0.05) is 18.5 Å². The van der Waals surface area contributed by atoms with E-state index in [-0.39, 0.29) is 24.2 Å². The Morgan fingerprint density at radius 3 is 2.41 bits per heavy atom. The molecule has 6 atom stereocenters. The maximum absolute atomic E-state index is 13.8. The fraction of sp³-hybridized carbons (Fsp3) is 0.607. The number of primary amides is 1. The minimum atomic E-state index is -2.73. The second-order valence-corrected chi connectivity index (χ2v) is 12.3. The molecule has 4 N–H and O–H groups in total. The molecule has 1 amide bonds.